The lowest BCUT2D eigenvalue weighted by atomic mass is 9.86. The van der Waals surface area contributed by atoms with Gasteiger partial charge in [-0.3, -0.25) is 4.79 Å². The highest BCUT2D eigenvalue weighted by molar-refractivity contribution is 7.98. The van der Waals surface area contributed by atoms with E-state index in [1.807, 2.05) is 24.5 Å². The average molecular weight is 579 g/mol. The largest absolute Gasteiger partial charge is 0.480 e. The summed E-state index contributed by atoms with van der Waals surface area (Å²) in [7, 11) is 0. The van der Waals surface area contributed by atoms with Crippen LogP contribution in [0.4, 0.5) is 0 Å². The van der Waals surface area contributed by atoms with E-state index in [9.17, 15) is 14.7 Å². The number of amides is 1. The summed E-state index contributed by atoms with van der Waals surface area (Å²) < 4.78 is 0. The molecule has 2 aromatic carbocycles. The predicted octanol–water partition coefficient (Wildman–Crippen LogP) is 7.60. The number of carbonyl (C=O) groups excluding carboxylic acids is 1. The number of hydrogen-bond donors (Lipinski definition) is 2. The SMILES string of the molecule is CSCCC(NC(=O)c1ccc(CCN(CC2CCCCC2)CC2CCCCC2)cc1-c1ccccc1C)C(=O)O. The molecule has 2 saturated carbocycles. The molecule has 0 aliphatic heterocycles. The van der Waals surface area contributed by atoms with Crippen molar-refractivity contribution in [2.45, 2.75) is 90.0 Å². The van der Waals surface area contributed by atoms with E-state index in [1.54, 1.807) is 11.8 Å². The van der Waals surface area contributed by atoms with Crippen molar-refractivity contribution in [3.63, 3.8) is 0 Å². The molecule has 2 fully saturated rings. The Bertz CT molecular complexity index is 1100. The molecule has 1 amide bonds. The number of aryl methyl sites for hydroxylation is 1. The van der Waals surface area contributed by atoms with Crippen molar-refractivity contribution >= 4 is 23.6 Å². The van der Waals surface area contributed by atoms with Gasteiger partial charge in [0.1, 0.15) is 6.04 Å². The van der Waals surface area contributed by atoms with Crippen LogP contribution in [0.25, 0.3) is 11.1 Å². The van der Waals surface area contributed by atoms with Gasteiger partial charge in [0.25, 0.3) is 5.91 Å². The van der Waals surface area contributed by atoms with Gasteiger partial charge in [0.05, 0.1) is 0 Å². The van der Waals surface area contributed by atoms with E-state index in [0.29, 0.717) is 17.7 Å². The third kappa shape index (κ3) is 9.61. The van der Waals surface area contributed by atoms with Gasteiger partial charge in [-0.2, -0.15) is 11.8 Å². The van der Waals surface area contributed by atoms with E-state index in [1.165, 1.54) is 82.9 Å². The normalized spacial score (nSPS) is 17.4. The van der Waals surface area contributed by atoms with Crippen LogP contribution >= 0.6 is 11.8 Å². The summed E-state index contributed by atoms with van der Waals surface area (Å²) >= 11 is 1.58. The number of nitrogens with zero attached hydrogens (tertiary/aromatic N) is 1. The fraction of sp³-hybridized carbons (Fsp3) is 0.600. The fourth-order valence-electron chi connectivity index (χ4n) is 6.79. The maximum Gasteiger partial charge on any atom is 0.326 e. The predicted molar refractivity (Wildman–Crippen MR) is 172 cm³/mol. The Kier molecular flexibility index (Phi) is 12.6. The summed E-state index contributed by atoms with van der Waals surface area (Å²) in [5.41, 5.74) is 4.79. The first kappa shape index (κ1) is 31.6. The molecule has 2 aliphatic rings. The summed E-state index contributed by atoms with van der Waals surface area (Å²) in [5.74, 6) is 1.03. The van der Waals surface area contributed by atoms with Gasteiger partial charge in [-0.05, 0) is 97.6 Å². The molecule has 0 heterocycles. The van der Waals surface area contributed by atoms with Crippen molar-refractivity contribution in [1.29, 1.82) is 0 Å². The molecule has 41 heavy (non-hydrogen) atoms. The molecule has 1 atom stereocenters. The van der Waals surface area contributed by atoms with E-state index in [-0.39, 0.29) is 5.91 Å². The number of aliphatic carboxylic acids is 1. The molecule has 0 saturated heterocycles. The molecule has 2 aromatic rings. The minimum Gasteiger partial charge on any atom is -0.480 e. The minimum absolute atomic E-state index is 0.320. The first-order valence-electron chi connectivity index (χ1n) is 15.9. The molecule has 0 spiro atoms. The first-order valence-corrected chi connectivity index (χ1v) is 17.3. The first-order chi connectivity index (χ1) is 19.9. The maximum atomic E-state index is 13.5. The Morgan fingerprint density at radius 1 is 0.927 bits per heavy atom. The lowest BCUT2D eigenvalue weighted by molar-refractivity contribution is -0.139. The number of carbonyl (C=O) groups is 2. The summed E-state index contributed by atoms with van der Waals surface area (Å²) in [6.45, 7) is 5.54. The van der Waals surface area contributed by atoms with Crippen molar-refractivity contribution in [2.24, 2.45) is 11.8 Å². The zero-order valence-electron chi connectivity index (χ0n) is 25.2. The van der Waals surface area contributed by atoms with Gasteiger partial charge < -0.3 is 15.3 Å². The van der Waals surface area contributed by atoms with E-state index in [0.717, 1.165) is 41.5 Å². The zero-order chi connectivity index (χ0) is 29.0. The highest BCUT2D eigenvalue weighted by atomic mass is 32.2. The Balaban J connectivity index is 1.53. The Morgan fingerprint density at radius 3 is 2.15 bits per heavy atom. The van der Waals surface area contributed by atoms with Gasteiger partial charge in [0, 0.05) is 25.2 Å². The Hall–Kier alpha value is -2.31. The quantitative estimate of drug-likeness (QED) is 0.242. The second-order valence-corrected chi connectivity index (χ2v) is 13.3. The summed E-state index contributed by atoms with van der Waals surface area (Å²) in [6.07, 6.45) is 17.1. The number of rotatable bonds is 14. The molecule has 0 radical (unpaired) electrons. The lowest BCUT2D eigenvalue weighted by Crippen LogP contribution is -2.41. The van der Waals surface area contributed by atoms with Gasteiger partial charge in [-0.1, -0.05) is 74.9 Å². The van der Waals surface area contributed by atoms with E-state index < -0.39 is 12.0 Å². The molecule has 0 bridgehead atoms. The number of benzene rings is 2. The van der Waals surface area contributed by atoms with E-state index >= 15 is 0 Å². The standard InChI is InChI=1S/C35H50N2O3S/c1-26-11-9-10-16-30(26)32-23-27(17-18-31(32)34(38)36-33(35(39)40)20-22-41-2)19-21-37(24-28-12-5-3-6-13-28)25-29-14-7-4-8-15-29/h9-11,16-18,23,28-29,33H,3-8,12-15,19-22,24-25H2,1-2H3,(H,36,38)(H,39,40). The molecule has 4 rings (SSSR count). The van der Waals surface area contributed by atoms with Crippen LogP contribution in [0.1, 0.15) is 92.1 Å². The van der Waals surface area contributed by atoms with Gasteiger partial charge in [-0.15, -0.1) is 0 Å². The molecule has 5 nitrogen and oxygen atoms in total. The van der Waals surface area contributed by atoms with Crippen molar-refractivity contribution in [1.82, 2.24) is 10.2 Å². The molecule has 224 valence electrons. The Morgan fingerprint density at radius 2 is 1.56 bits per heavy atom. The van der Waals surface area contributed by atoms with Gasteiger partial charge in [-0.25, -0.2) is 4.79 Å². The van der Waals surface area contributed by atoms with Crippen LogP contribution in [-0.2, 0) is 11.2 Å². The van der Waals surface area contributed by atoms with Crippen molar-refractivity contribution in [2.75, 3.05) is 31.6 Å². The van der Waals surface area contributed by atoms with Gasteiger partial charge >= 0.3 is 5.97 Å². The second kappa shape index (κ2) is 16.4. The third-order valence-electron chi connectivity index (χ3n) is 9.18. The number of hydrogen-bond acceptors (Lipinski definition) is 4. The molecule has 6 heteroatoms. The van der Waals surface area contributed by atoms with Crippen LogP contribution in [0, 0.1) is 18.8 Å². The monoisotopic (exact) mass is 578 g/mol. The van der Waals surface area contributed by atoms with E-state index in [4.69, 9.17) is 0 Å². The lowest BCUT2D eigenvalue weighted by Gasteiger charge is -2.33. The van der Waals surface area contributed by atoms with Crippen molar-refractivity contribution in [3.8, 4) is 11.1 Å². The molecule has 0 aromatic heterocycles. The smallest absolute Gasteiger partial charge is 0.326 e. The molecule has 2 aliphatic carbocycles. The van der Waals surface area contributed by atoms with Gasteiger partial charge in [0.15, 0.2) is 0 Å². The topological polar surface area (TPSA) is 69.6 Å². The van der Waals surface area contributed by atoms with Crippen LogP contribution in [0.2, 0.25) is 0 Å². The summed E-state index contributed by atoms with van der Waals surface area (Å²) in [4.78, 5) is 28.1. The van der Waals surface area contributed by atoms with Crippen LogP contribution < -0.4 is 5.32 Å². The molecular weight excluding hydrogens is 528 g/mol. The van der Waals surface area contributed by atoms with Crippen LogP contribution in [0.3, 0.4) is 0 Å². The van der Waals surface area contributed by atoms with Crippen molar-refractivity contribution < 1.29 is 14.7 Å². The fourth-order valence-corrected chi connectivity index (χ4v) is 7.26. The third-order valence-corrected chi connectivity index (χ3v) is 9.82. The maximum absolute atomic E-state index is 13.5. The highest BCUT2D eigenvalue weighted by Crippen LogP contribution is 2.30. The number of carboxylic acids is 1. The minimum atomic E-state index is -0.988. The zero-order valence-corrected chi connectivity index (χ0v) is 26.0. The highest BCUT2D eigenvalue weighted by Gasteiger charge is 2.24. The van der Waals surface area contributed by atoms with Crippen molar-refractivity contribution in [3.05, 3.63) is 59.2 Å². The summed E-state index contributed by atoms with van der Waals surface area (Å²) in [5, 5.41) is 12.5. The molecular formula is C35H50N2O3S. The molecule has 2 N–H and O–H groups in total. The van der Waals surface area contributed by atoms with Crippen LogP contribution in [0.5, 0.6) is 0 Å². The van der Waals surface area contributed by atoms with E-state index in [2.05, 4.69) is 41.4 Å². The number of carboxylic acid groups (broad SMARTS) is 1. The number of thioether (sulfide) groups is 1. The van der Waals surface area contributed by atoms with Crippen LogP contribution in [-0.4, -0.2) is 59.6 Å². The Labute approximate surface area is 251 Å². The average Bonchev–Trinajstić information content (AvgIpc) is 2.99. The van der Waals surface area contributed by atoms with Crippen LogP contribution in [0.15, 0.2) is 42.5 Å². The molecule has 1 unspecified atom stereocenters. The number of nitrogens with one attached hydrogen (secondary N) is 1. The van der Waals surface area contributed by atoms with Gasteiger partial charge in [0.2, 0.25) is 0 Å². The second-order valence-electron chi connectivity index (χ2n) is 12.4. The summed E-state index contributed by atoms with van der Waals surface area (Å²) in [6, 6.07) is 13.4.